The number of benzene rings is 3. The van der Waals surface area contributed by atoms with Gasteiger partial charge in [-0.15, -0.1) is 0 Å². The standard InChI is InChI=1S/C25H25Cl3N2O4S2/c1-17-3-7-20(8-4-17)36(32,33)30(19-6-10-24(34-2)23(28)14-19)15-25(31)29-11-12-35-16-18-5-9-21(26)22(27)13-18/h3-10,13-14H,11-12,15-16H2,1-2H3,(H,29,31). The molecule has 0 spiro atoms. The molecule has 0 aliphatic heterocycles. The van der Waals surface area contributed by atoms with Gasteiger partial charge in [0.2, 0.25) is 5.91 Å². The molecule has 0 radical (unpaired) electrons. The summed E-state index contributed by atoms with van der Waals surface area (Å²) in [5, 5.41) is 4.02. The maximum atomic E-state index is 13.5. The van der Waals surface area contributed by atoms with E-state index in [2.05, 4.69) is 5.32 Å². The van der Waals surface area contributed by atoms with E-state index in [0.29, 0.717) is 33.8 Å². The third-order valence-corrected chi connectivity index (χ3v) is 8.99. The highest BCUT2D eigenvalue weighted by atomic mass is 35.5. The number of carbonyl (C=O) groups excluding carboxylic acids is 1. The Morgan fingerprint density at radius 1 is 0.972 bits per heavy atom. The van der Waals surface area contributed by atoms with Crippen LogP contribution in [-0.4, -0.2) is 40.3 Å². The van der Waals surface area contributed by atoms with Gasteiger partial charge in [0.25, 0.3) is 10.0 Å². The Bertz CT molecular complexity index is 1320. The fraction of sp³-hybridized carbons (Fsp3) is 0.240. The van der Waals surface area contributed by atoms with Crippen LogP contribution in [0.5, 0.6) is 5.75 Å². The number of thioether (sulfide) groups is 1. The lowest BCUT2D eigenvalue weighted by Crippen LogP contribution is -2.41. The van der Waals surface area contributed by atoms with Gasteiger partial charge in [0.05, 0.1) is 32.8 Å². The number of hydrogen-bond acceptors (Lipinski definition) is 5. The van der Waals surface area contributed by atoms with Gasteiger partial charge in [0.15, 0.2) is 0 Å². The highest BCUT2D eigenvalue weighted by Gasteiger charge is 2.27. The Morgan fingerprint density at radius 3 is 2.33 bits per heavy atom. The molecule has 1 amide bonds. The van der Waals surface area contributed by atoms with Gasteiger partial charge in [0.1, 0.15) is 12.3 Å². The van der Waals surface area contributed by atoms with E-state index in [1.807, 2.05) is 19.1 Å². The molecule has 3 rings (SSSR count). The van der Waals surface area contributed by atoms with Crippen LogP contribution >= 0.6 is 46.6 Å². The third-order valence-electron chi connectivity index (χ3n) is 5.14. The normalized spacial score (nSPS) is 11.2. The number of sulfonamides is 1. The molecule has 192 valence electrons. The minimum atomic E-state index is -4.04. The largest absolute Gasteiger partial charge is 0.495 e. The summed E-state index contributed by atoms with van der Waals surface area (Å²) in [5.41, 5.74) is 2.20. The van der Waals surface area contributed by atoms with Crippen LogP contribution in [0, 0.1) is 6.92 Å². The van der Waals surface area contributed by atoms with E-state index in [4.69, 9.17) is 39.5 Å². The first-order valence-electron chi connectivity index (χ1n) is 10.8. The number of amides is 1. The van der Waals surface area contributed by atoms with E-state index in [-0.39, 0.29) is 15.6 Å². The van der Waals surface area contributed by atoms with Crippen LogP contribution in [0.15, 0.2) is 65.6 Å². The Kier molecular flexibility index (Phi) is 10.2. The molecule has 0 saturated heterocycles. The molecular formula is C25H25Cl3N2O4S2. The first-order chi connectivity index (χ1) is 17.1. The molecule has 36 heavy (non-hydrogen) atoms. The Hall–Kier alpha value is -2.10. The maximum Gasteiger partial charge on any atom is 0.264 e. The average Bonchev–Trinajstić information content (AvgIpc) is 2.84. The monoisotopic (exact) mass is 586 g/mol. The van der Waals surface area contributed by atoms with Crippen molar-refractivity contribution in [2.75, 3.05) is 30.3 Å². The lowest BCUT2D eigenvalue weighted by Gasteiger charge is -2.24. The second kappa shape index (κ2) is 12.9. The van der Waals surface area contributed by atoms with Crippen LogP contribution in [-0.2, 0) is 20.6 Å². The zero-order valence-corrected chi connectivity index (χ0v) is 23.5. The van der Waals surface area contributed by atoms with Crippen LogP contribution in [0.3, 0.4) is 0 Å². The summed E-state index contributed by atoms with van der Waals surface area (Å²) in [4.78, 5) is 12.8. The molecular weight excluding hydrogens is 563 g/mol. The number of ether oxygens (including phenoxy) is 1. The van der Waals surface area contributed by atoms with Crippen molar-refractivity contribution in [1.82, 2.24) is 5.32 Å². The van der Waals surface area contributed by atoms with Crippen molar-refractivity contribution < 1.29 is 17.9 Å². The molecule has 0 fully saturated rings. The van der Waals surface area contributed by atoms with Crippen molar-refractivity contribution in [3.63, 3.8) is 0 Å². The minimum Gasteiger partial charge on any atom is -0.495 e. The smallest absolute Gasteiger partial charge is 0.264 e. The zero-order valence-electron chi connectivity index (χ0n) is 19.6. The summed E-state index contributed by atoms with van der Waals surface area (Å²) in [6.07, 6.45) is 0. The predicted octanol–water partition coefficient (Wildman–Crippen LogP) is 6.21. The van der Waals surface area contributed by atoms with Crippen LogP contribution in [0.4, 0.5) is 5.69 Å². The van der Waals surface area contributed by atoms with E-state index in [9.17, 15) is 13.2 Å². The first kappa shape index (κ1) is 28.5. The van der Waals surface area contributed by atoms with Crippen molar-refractivity contribution in [3.8, 4) is 5.75 Å². The number of carbonyl (C=O) groups is 1. The number of methoxy groups -OCH3 is 1. The summed E-state index contributed by atoms with van der Waals surface area (Å²) in [6.45, 7) is 1.83. The average molecular weight is 588 g/mol. The van der Waals surface area contributed by atoms with Crippen LogP contribution < -0.4 is 14.4 Å². The van der Waals surface area contributed by atoms with Gasteiger partial charge in [-0.3, -0.25) is 9.10 Å². The fourth-order valence-corrected chi connectivity index (χ4v) is 6.02. The van der Waals surface area contributed by atoms with E-state index < -0.39 is 22.5 Å². The first-order valence-corrected chi connectivity index (χ1v) is 14.6. The predicted molar refractivity (Wildman–Crippen MR) is 149 cm³/mol. The van der Waals surface area contributed by atoms with Gasteiger partial charge in [0, 0.05) is 18.1 Å². The number of anilines is 1. The molecule has 0 bridgehead atoms. The van der Waals surface area contributed by atoms with Gasteiger partial charge >= 0.3 is 0 Å². The van der Waals surface area contributed by atoms with Crippen molar-refractivity contribution in [2.45, 2.75) is 17.6 Å². The van der Waals surface area contributed by atoms with Gasteiger partial charge in [-0.25, -0.2) is 8.42 Å². The molecule has 0 aliphatic rings. The van der Waals surface area contributed by atoms with Gasteiger partial charge in [-0.1, -0.05) is 58.6 Å². The quantitative estimate of drug-likeness (QED) is 0.270. The molecule has 3 aromatic rings. The zero-order chi connectivity index (χ0) is 26.3. The lowest BCUT2D eigenvalue weighted by atomic mass is 10.2. The van der Waals surface area contributed by atoms with Crippen molar-refractivity contribution >= 4 is 68.2 Å². The van der Waals surface area contributed by atoms with Gasteiger partial charge < -0.3 is 10.1 Å². The van der Waals surface area contributed by atoms with Crippen molar-refractivity contribution in [1.29, 1.82) is 0 Å². The van der Waals surface area contributed by atoms with E-state index >= 15 is 0 Å². The second-order valence-electron chi connectivity index (χ2n) is 7.79. The molecule has 1 N–H and O–H groups in total. The molecule has 6 nitrogen and oxygen atoms in total. The van der Waals surface area contributed by atoms with Crippen LogP contribution in [0.2, 0.25) is 15.1 Å². The fourth-order valence-electron chi connectivity index (χ4n) is 3.23. The number of hydrogen-bond donors (Lipinski definition) is 1. The lowest BCUT2D eigenvalue weighted by molar-refractivity contribution is -0.119. The molecule has 0 atom stereocenters. The van der Waals surface area contributed by atoms with Crippen molar-refractivity contribution in [2.24, 2.45) is 0 Å². The van der Waals surface area contributed by atoms with Crippen molar-refractivity contribution in [3.05, 3.63) is 86.9 Å². The summed E-state index contributed by atoms with van der Waals surface area (Å²) < 4.78 is 33.2. The molecule has 0 unspecified atom stereocenters. The third kappa shape index (κ3) is 7.46. The number of nitrogens with one attached hydrogen (secondary N) is 1. The summed E-state index contributed by atoms with van der Waals surface area (Å²) >= 11 is 19.8. The number of halogens is 3. The molecule has 0 aliphatic carbocycles. The molecule has 0 heterocycles. The Morgan fingerprint density at radius 2 is 1.69 bits per heavy atom. The van der Waals surface area contributed by atoms with Crippen LogP contribution in [0.25, 0.3) is 0 Å². The summed E-state index contributed by atoms with van der Waals surface area (Å²) in [5.74, 6) is 1.29. The maximum absolute atomic E-state index is 13.5. The number of rotatable bonds is 11. The second-order valence-corrected chi connectivity index (χ2v) is 12.0. The van der Waals surface area contributed by atoms with Gasteiger partial charge in [-0.05, 0) is 55.0 Å². The van der Waals surface area contributed by atoms with E-state index in [0.717, 1.165) is 15.4 Å². The van der Waals surface area contributed by atoms with Crippen LogP contribution in [0.1, 0.15) is 11.1 Å². The highest BCUT2D eigenvalue weighted by Crippen LogP contribution is 2.32. The number of nitrogens with zero attached hydrogens (tertiary/aromatic N) is 1. The number of aryl methyl sites for hydroxylation is 1. The van der Waals surface area contributed by atoms with E-state index in [1.54, 1.807) is 42.1 Å². The molecule has 11 heteroatoms. The van der Waals surface area contributed by atoms with E-state index in [1.165, 1.54) is 25.3 Å². The SMILES string of the molecule is COc1ccc(N(CC(=O)NCCSCc2ccc(Cl)c(Cl)c2)S(=O)(=O)c2ccc(C)cc2)cc1Cl. The Labute approximate surface area is 230 Å². The summed E-state index contributed by atoms with van der Waals surface area (Å²) in [6, 6.07) is 16.5. The minimum absolute atomic E-state index is 0.0741. The Balaban J connectivity index is 1.68. The highest BCUT2D eigenvalue weighted by molar-refractivity contribution is 7.98. The van der Waals surface area contributed by atoms with Gasteiger partial charge in [-0.2, -0.15) is 11.8 Å². The summed E-state index contributed by atoms with van der Waals surface area (Å²) in [7, 11) is -2.57. The topological polar surface area (TPSA) is 75.7 Å². The molecule has 3 aromatic carbocycles. The molecule has 0 aromatic heterocycles. The molecule has 0 saturated carbocycles.